The van der Waals surface area contributed by atoms with Gasteiger partial charge < -0.3 is 0 Å². The largest absolute Gasteiger partial charge is 0.292 e. The van der Waals surface area contributed by atoms with Crippen molar-refractivity contribution in [2.24, 2.45) is 5.84 Å². The van der Waals surface area contributed by atoms with Gasteiger partial charge in [0.25, 0.3) is 0 Å². The number of nitrogens with two attached hydrogens (primary N) is 1. The summed E-state index contributed by atoms with van der Waals surface area (Å²) in [7, 11) is 0. The molecule has 86 valence electrons. The quantitative estimate of drug-likeness (QED) is 0.287. The number of hydrogen-bond donors (Lipinski definition) is 4. The Morgan fingerprint density at radius 3 is 2.94 bits per heavy atom. The molecule has 0 aliphatic heterocycles. The summed E-state index contributed by atoms with van der Waals surface area (Å²) in [4.78, 5) is 12.4. The lowest BCUT2D eigenvalue weighted by molar-refractivity contribution is 0.967. The number of nitrogens with zero attached hydrogens (tertiary/aromatic N) is 5. The maximum atomic E-state index is 5.30. The highest BCUT2D eigenvalue weighted by molar-refractivity contribution is 7.99. The highest BCUT2D eigenvalue weighted by Crippen LogP contribution is 2.28. The Bertz CT molecular complexity index is 630. The zero-order chi connectivity index (χ0) is 11.7. The van der Waals surface area contributed by atoms with Gasteiger partial charge in [0.05, 0.1) is 11.6 Å². The van der Waals surface area contributed by atoms with Crippen molar-refractivity contribution in [3.8, 4) is 0 Å². The van der Waals surface area contributed by atoms with Crippen molar-refractivity contribution < 1.29 is 0 Å². The molecule has 0 saturated carbocycles. The third-order valence-electron chi connectivity index (χ3n) is 1.99. The Morgan fingerprint density at radius 2 is 2.18 bits per heavy atom. The molecule has 3 aromatic heterocycles. The summed E-state index contributed by atoms with van der Waals surface area (Å²) in [5, 5.41) is 15.3. The molecule has 0 spiro atoms. The van der Waals surface area contributed by atoms with Crippen LogP contribution in [0.4, 0.5) is 5.95 Å². The van der Waals surface area contributed by atoms with Gasteiger partial charge in [-0.1, -0.05) is 0 Å². The van der Waals surface area contributed by atoms with Crippen LogP contribution in [0.15, 0.2) is 22.7 Å². The predicted molar refractivity (Wildman–Crippen MR) is 60.0 cm³/mol. The number of rotatable bonds is 3. The Balaban J connectivity index is 2.10. The van der Waals surface area contributed by atoms with E-state index in [1.807, 2.05) is 0 Å². The Labute approximate surface area is 98.6 Å². The van der Waals surface area contributed by atoms with Gasteiger partial charge in [0.1, 0.15) is 11.4 Å². The van der Waals surface area contributed by atoms with E-state index in [2.05, 4.69) is 40.8 Å². The maximum Gasteiger partial charge on any atom is 0.240 e. The summed E-state index contributed by atoms with van der Waals surface area (Å²) in [5.74, 6) is 5.61. The summed E-state index contributed by atoms with van der Waals surface area (Å²) in [6, 6.07) is 0. The topological polar surface area (TPSA) is 134 Å². The first kappa shape index (κ1) is 9.99. The van der Waals surface area contributed by atoms with E-state index in [-0.39, 0.29) is 0 Å². The lowest BCUT2D eigenvalue weighted by Crippen LogP contribution is -2.10. The molecule has 0 bridgehead atoms. The number of nitrogens with one attached hydrogen (secondary N) is 3. The molecular weight excluding hydrogens is 242 g/mol. The molecule has 0 aliphatic rings. The van der Waals surface area contributed by atoms with E-state index in [4.69, 9.17) is 5.84 Å². The monoisotopic (exact) mass is 249 g/mol. The number of nitrogen functional groups attached to an aromatic ring is 1. The van der Waals surface area contributed by atoms with Crippen LogP contribution < -0.4 is 11.3 Å². The van der Waals surface area contributed by atoms with E-state index in [1.165, 1.54) is 18.1 Å². The van der Waals surface area contributed by atoms with Crippen molar-refractivity contribution in [3.63, 3.8) is 0 Å². The number of aromatic amines is 2. The zero-order valence-electron chi connectivity index (χ0n) is 8.38. The number of fused-ring (bicyclic) bond motifs is 1. The smallest absolute Gasteiger partial charge is 0.240 e. The van der Waals surface area contributed by atoms with Crippen LogP contribution in [0.5, 0.6) is 0 Å². The van der Waals surface area contributed by atoms with Crippen molar-refractivity contribution in [2.45, 2.75) is 10.2 Å². The number of hydrazine groups is 1. The van der Waals surface area contributed by atoms with Crippen molar-refractivity contribution >= 4 is 28.7 Å². The lowest BCUT2D eigenvalue weighted by atomic mass is 10.4. The van der Waals surface area contributed by atoms with Crippen LogP contribution in [-0.4, -0.2) is 35.3 Å². The molecule has 0 fully saturated rings. The summed E-state index contributed by atoms with van der Waals surface area (Å²) in [5.41, 5.74) is 3.01. The van der Waals surface area contributed by atoms with Crippen molar-refractivity contribution in [1.29, 1.82) is 0 Å². The first-order valence-corrected chi connectivity index (χ1v) is 5.39. The summed E-state index contributed by atoms with van der Waals surface area (Å²) < 4.78 is 0. The highest BCUT2D eigenvalue weighted by atomic mass is 32.2. The van der Waals surface area contributed by atoms with E-state index >= 15 is 0 Å². The third kappa shape index (κ3) is 1.79. The SMILES string of the molecule is NNc1nc(Sc2ncn[nH]2)c2cn[nH]c2n1. The van der Waals surface area contributed by atoms with E-state index in [1.54, 1.807) is 6.20 Å². The summed E-state index contributed by atoms with van der Waals surface area (Å²) in [6.45, 7) is 0. The van der Waals surface area contributed by atoms with E-state index in [0.717, 1.165) is 5.39 Å². The highest BCUT2D eigenvalue weighted by Gasteiger charge is 2.11. The predicted octanol–water partition coefficient (Wildman–Crippen LogP) is -0.0922. The molecule has 0 radical (unpaired) electrons. The van der Waals surface area contributed by atoms with Gasteiger partial charge in [-0.05, 0) is 11.8 Å². The van der Waals surface area contributed by atoms with E-state index < -0.39 is 0 Å². The molecule has 10 heteroatoms. The second-order valence-corrected chi connectivity index (χ2v) is 4.00. The third-order valence-corrected chi connectivity index (χ3v) is 2.88. The fraction of sp³-hybridized carbons (Fsp3) is 0. The minimum atomic E-state index is 0.309. The Morgan fingerprint density at radius 1 is 1.24 bits per heavy atom. The Hall–Kier alpha value is -2.20. The number of H-pyrrole nitrogens is 2. The molecule has 3 heterocycles. The molecule has 3 aromatic rings. The first-order valence-electron chi connectivity index (χ1n) is 4.58. The van der Waals surface area contributed by atoms with Crippen LogP contribution in [0.2, 0.25) is 0 Å². The average molecular weight is 249 g/mol. The molecule has 0 amide bonds. The van der Waals surface area contributed by atoms with Crippen LogP contribution >= 0.6 is 11.8 Å². The summed E-state index contributed by atoms with van der Waals surface area (Å²) >= 11 is 1.32. The van der Waals surface area contributed by atoms with Crippen LogP contribution in [0.3, 0.4) is 0 Å². The maximum absolute atomic E-state index is 5.30. The normalized spacial score (nSPS) is 10.9. The second kappa shape index (κ2) is 3.99. The fourth-order valence-electron chi connectivity index (χ4n) is 1.29. The zero-order valence-corrected chi connectivity index (χ0v) is 9.19. The van der Waals surface area contributed by atoms with E-state index in [9.17, 15) is 0 Å². The molecule has 0 atom stereocenters. The Kier molecular flexibility index (Phi) is 2.34. The molecule has 0 aliphatic carbocycles. The van der Waals surface area contributed by atoms with Crippen molar-refractivity contribution in [2.75, 3.05) is 5.43 Å². The standard InChI is InChI=1S/C7H7N9S/c8-14-6-12-4-3(1-10-15-4)5(13-6)17-7-9-2-11-16-7/h1-2H,8H2,(H,9,11,16)(H2,10,12,13,14,15). The fourth-order valence-corrected chi connectivity index (χ4v) is 2.06. The van der Waals surface area contributed by atoms with Gasteiger partial charge in [-0.15, -0.1) is 0 Å². The number of anilines is 1. The summed E-state index contributed by atoms with van der Waals surface area (Å²) in [6.07, 6.45) is 3.08. The molecule has 0 unspecified atom stereocenters. The molecule has 0 saturated heterocycles. The molecule has 17 heavy (non-hydrogen) atoms. The van der Waals surface area contributed by atoms with Crippen molar-refractivity contribution in [1.82, 2.24) is 35.3 Å². The number of aromatic nitrogens is 7. The molecule has 3 rings (SSSR count). The van der Waals surface area contributed by atoms with Gasteiger partial charge in [0.15, 0.2) is 10.8 Å². The first-order chi connectivity index (χ1) is 8.36. The van der Waals surface area contributed by atoms with E-state index in [0.29, 0.717) is 21.8 Å². The number of hydrogen-bond acceptors (Lipinski definition) is 8. The van der Waals surface area contributed by atoms with Crippen LogP contribution in [-0.2, 0) is 0 Å². The van der Waals surface area contributed by atoms with Gasteiger partial charge in [-0.25, -0.2) is 15.8 Å². The van der Waals surface area contributed by atoms with Crippen LogP contribution in [0.1, 0.15) is 0 Å². The van der Waals surface area contributed by atoms with Gasteiger partial charge in [-0.2, -0.15) is 15.2 Å². The second-order valence-electron chi connectivity index (χ2n) is 3.02. The van der Waals surface area contributed by atoms with Crippen LogP contribution in [0, 0.1) is 0 Å². The minimum Gasteiger partial charge on any atom is -0.292 e. The van der Waals surface area contributed by atoms with Crippen molar-refractivity contribution in [3.05, 3.63) is 12.5 Å². The van der Waals surface area contributed by atoms with Gasteiger partial charge >= 0.3 is 0 Å². The molecule has 5 N–H and O–H groups in total. The minimum absolute atomic E-state index is 0.309. The molecule has 0 aromatic carbocycles. The lowest BCUT2D eigenvalue weighted by Gasteiger charge is -2.02. The average Bonchev–Trinajstić information content (AvgIpc) is 2.98. The van der Waals surface area contributed by atoms with Crippen LogP contribution in [0.25, 0.3) is 11.0 Å². The molecular formula is C7H7N9S. The van der Waals surface area contributed by atoms with Gasteiger partial charge in [0.2, 0.25) is 5.95 Å². The van der Waals surface area contributed by atoms with Gasteiger partial charge in [0, 0.05) is 0 Å². The van der Waals surface area contributed by atoms with Gasteiger partial charge in [-0.3, -0.25) is 15.6 Å². The molecule has 9 nitrogen and oxygen atoms in total.